The summed E-state index contributed by atoms with van der Waals surface area (Å²) >= 11 is 0. The fourth-order valence-corrected chi connectivity index (χ4v) is 3.69. The second kappa shape index (κ2) is 5.12. The highest BCUT2D eigenvalue weighted by Crippen LogP contribution is 2.56. The van der Waals surface area contributed by atoms with Gasteiger partial charge < -0.3 is 5.11 Å². The molecule has 1 aliphatic heterocycles. The van der Waals surface area contributed by atoms with Gasteiger partial charge in [-0.25, -0.2) is 4.39 Å². The van der Waals surface area contributed by atoms with Gasteiger partial charge in [-0.05, 0) is 54.7 Å². The first-order valence-corrected chi connectivity index (χ1v) is 7.69. The van der Waals surface area contributed by atoms with Crippen molar-refractivity contribution >= 4 is 0 Å². The minimum absolute atomic E-state index is 0.252. The van der Waals surface area contributed by atoms with Crippen LogP contribution < -0.4 is 0 Å². The van der Waals surface area contributed by atoms with E-state index >= 15 is 0 Å². The van der Waals surface area contributed by atoms with Crippen LogP contribution in [0.4, 0.5) is 4.39 Å². The van der Waals surface area contributed by atoms with Crippen LogP contribution >= 0.6 is 0 Å². The van der Waals surface area contributed by atoms with Crippen molar-refractivity contribution in [3.8, 4) is 0 Å². The topological polar surface area (TPSA) is 23.5 Å². The molecule has 2 nitrogen and oxygen atoms in total. The Labute approximate surface area is 120 Å². The monoisotopic (exact) mass is 277 g/mol. The second-order valence-corrected chi connectivity index (χ2v) is 6.92. The molecule has 0 radical (unpaired) electrons. The van der Waals surface area contributed by atoms with Crippen LogP contribution in [0.5, 0.6) is 0 Å². The Kier molecular flexibility index (Phi) is 3.59. The first-order chi connectivity index (χ1) is 9.49. The molecular formula is C17H24FNO. The lowest BCUT2D eigenvalue weighted by atomic mass is 9.95. The van der Waals surface area contributed by atoms with Gasteiger partial charge in [0, 0.05) is 12.6 Å². The molecule has 2 fully saturated rings. The maximum atomic E-state index is 13.0. The molecule has 0 spiro atoms. The van der Waals surface area contributed by atoms with Crippen molar-refractivity contribution in [1.82, 2.24) is 4.90 Å². The zero-order valence-corrected chi connectivity index (χ0v) is 12.3. The summed E-state index contributed by atoms with van der Waals surface area (Å²) < 4.78 is 13.0. The number of rotatable bonds is 4. The van der Waals surface area contributed by atoms with Crippen LogP contribution in [0.25, 0.3) is 0 Å². The summed E-state index contributed by atoms with van der Waals surface area (Å²) in [6.07, 6.45) is 4.20. The van der Waals surface area contributed by atoms with Gasteiger partial charge in [-0.1, -0.05) is 26.0 Å². The van der Waals surface area contributed by atoms with Gasteiger partial charge in [0.15, 0.2) is 0 Å². The Morgan fingerprint density at radius 1 is 1.40 bits per heavy atom. The normalized spacial score (nSPS) is 35.2. The summed E-state index contributed by atoms with van der Waals surface area (Å²) in [4.78, 5) is 2.20. The zero-order chi connectivity index (χ0) is 14.3. The molecule has 1 aromatic carbocycles. The third-order valence-corrected chi connectivity index (χ3v) is 5.41. The van der Waals surface area contributed by atoms with Crippen molar-refractivity contribution < 1.29 is 9.50 Å². The lowest BCUT2D eigenvalue weighted by molar-refractivity contribution is -0.0136. The lowest BCUT2D eigenvalue weighted by Crippen LogP contribution is -2.35. The quantitative estimate of drug-likeness (QED) is 0.906. The van der Waals surface area contributed by atoms with Crippen LogP contribution in [-0.4, -0.2) is 22.6 Å². The number of hydrogen-bond acceptors (Lipinski definition) is 2. The molecule has 2 aliphatic rings. The van der Waals surface area contributed by atoms with E-state index in [-0.39, 0.29) is 5.82 Å². The summed E-state index contributed by atoms with van der Waals surface area (Å²) in [5.41, 5.74) is 1.27. The summed E-state index contributed by atoms with van der Waals surface area (Å²) in [7, 11) is 0. The summed E-state index contributed by atoms with van der Waals surface area (Å²) in [5, 5.41) is 10.6. The van der Waals surface area contributed by atoms with Gasteiger partial charge in [-0.3, -0.25) is 4.90 Å². The van der Waals surface area contributed by atoms with E-state index in [1.54, 1.807) is 12.1 Å². The van der Waals surface area contributed by atoms with E-state index in [1.807, 2.05) is 0 Å². The van der Waals surface area contributed by atoms with Crippen LogP contribution in [0.1, 0.15) is 51.3 Å². The third-order valence-electron chi connectivity index (χ3n) is 5.41. The van der Waals surface area contributed by atoms with Crippen molar-refractivity contribution in [2.45, 2.75) is 51.8 Å². The maximum Gasteiger partial charge on any atom is 0.133 e. The number of nitrogens with zero attached hydrogens (tertiary/aromatic N) is 1. The smallest absolute Gasteiger partial charge is 0.133 e. The van der Waals surface area contributed by atoms with E-state index in [9.17, 15) is 9.50 Å². The standard InChI is InChI=1S/C17H24FNO/c1-12-10-17(12,2)11-15-4-3-9-19(15)16(20)13-5-7-14(18)8-6-13/h5-8,12,15-16,20H,3-4,9-11H2,1-2H3. The average Bonchev–Trinajstić information content (AvgIpc) is 2.82. The molecule has 1 aromatic rings. The van der Waals surface area contributed by atoms with Crippen LogP contribution in [0.2, 0.25) is 0 Å². The highest BCUT2D eigenvalue weighted by molar-refractivity contribution is 5.18. The molecule has 3 heteroatoms. The number of hydrogen-bond donors (Lipinski definition) is 1. The molecule has 4 unspecified atom stereocenters. The predicted octanol–water partition coefficient (Wildman–Crippen LogP) is 3.72. The first kappa shape index (κ1) is 14.0. The van der Waals surface area contributed by atoms with Crippen LogP contribution in [-0.2, 0) is 0 Å². The Morgan fingerprint density at radius 2 is 2.05 bits per heavy atom. The molecule has 4 atom stereocenters. The second-order valence-electron chi connectivity index (χ2n) is 6.92. The molecule has 0 aromatic heterocycles. The lowest BCUT2D eigenvalue weighted by Gasteiger charge is -2.31. The third kappa shape index (κ3) is 2.61. The van der Waals surface area contributed by atoms with Crippen molar-refractivity contribution in [2.75, 3.05) is 6.54 Å². The van der Waals surface area contributed by atoms with E-state index in [4.69, 9.17) is 0 Å². The molecule has 0 amide bonds. The SMILES string of the molecule is CC1CC1(C)CC1CCCN1C(O)c1ccc(F)cc1. The van der Waals surface area contributed by atoms with Crippen molar-refractivity contribution in [2.24, 2.45) is 11.3 Å². The van der Waals surface area contributed by atoms with Gasteiger partial charge in [0.1, 0.15) is 12.0 Å². The predicted molar refractivity (Wildman–Crippen MR) is 77.6 cm³/mol. The number of aliphatic hydroxyl groups excluding tert-OH is 1. The Bertz CT molecular complexity index is 474. The van der Waals surface area contributed by atoms with Gasteiger partial charge in [0.05, 0.1) is 0 Å². The number of benzene rings is 1. The fraction of sp³-hybridized carbons (Fsp3) is 0.647. The first-order valence-electron chi connectivity index (χ1n) is 7.69. The Hall–Kier alpha value is -0.930. The fourth-order valence-electron chi connectivity index (χ4n) is 3.69. The summed E-state index contributed by atoms with van der Waals surface area (Å²) in [5.74, 6) is 0.561. The van der Waals surface area contributed by atoms with Crippen molar-refractivity contribution in [3.63, 3.8) is 0 Å². The van der Waals surface area contributed by atoms with Gasteiger partial charge in [0.25, 0.3) is 0 Å². The maximum absolute atomic E-state index is 13.0. The van der Waals surface area contributed by atoms with Crippen molar-refractivity contribution in [3.05, 3.63) is 35.6 Å². The Balaban J connectivity index is 1.70. The molecular weight excluding hydrogens is 253 g/mol. The molecule has 1 saturated heterocycles. The number of halogens is 1. The van der Waals surface area contributed by atoms with E-state index in [1.165, 1.54) is 31.4 Å². The van der Waals surface area contributed by atoms with Gasteiger partial charge >= 0.3 is 0 Å². The van der Waals surface area contributed by atoms with E-state index in [0.29, 0.717) is 11.5 Å². The Morgan fingerprint density at radius 3 is 2.65 bits per heavy atom. The van der Waals surface area contributed by atoms with E-state index in [2.05, 4.69) is 18.7 Å². The van der Waals surface area contributed by atoms with Crippen LogP contribution in [0.15, 0.2) is 24.3 Å². The number of likely N-dealkylation sites (tertiary alicyclic amines) is 1. The highest BCUT2D eigenvalue weighted by Gasteiger charge is 2.49. The summed E-state index contributed by atoms with van der Waals surface area (Å²) in [6.45, 7) is 5.61. The van der Waals surface area contributed by atoms with E-state index < -0.39 is 6.23 Å². The molecule has 1 aliphatic carbocycles. The molecule has 1 saturated carbocycles. The molecule has 1 N–H and O–H groups in total. The van der Waals surface area contributed by atoms with Crippen molar-refractivity contribution in [1.29, 1.82) is 0 Å². The molecule has 0 bridgehead atoms. The largest absolute Gasteiger partial charge is 0.374 e. The van der Waals surface area contributed by atoms with Gasteiger partial charge in [-0.2, -0.15) is 0 Å². The minimum Gasteiger partial charge on any atom is -0.374 e. The van der Waals surface area contributed by atoms with Crippen LogP contribution in [0, 0.1) is 17.2 Å². The minimum atomic E-state index is -0.597. The molecule has 20 heavy (non-hydrogen) atoms. The van der Waals surface area contributed by atoms with Gasteiger partial charge in [-0.15, -0.1) is 0 Å². The molecule has 110 valence electrons. The molecule has 1 heterocycles. The highest BCUT2D eigenvalue weighted by atomic mass is 19.1. The van der Waals surface area contributed by atoms with Crippen LogP contribution in [0.3, 0.4) is 0 Å². The summed E-state index contributed by atoms with van der Waals surface area (Å²) in [6, 6.07) is 6.69. The molecule has 3 rings (SSSR count). The van der Waals surface area contributed by atoms with Gasteiger partial charge in [0.2, 0.25) is 0 Å². The van der Waals surface area contributed by atoms with E-state index in [0.717, 1.165) is 24.4 Å². The number of aliphatic hydroxyl groups is 1. The average molecular weight is 277 g/mol. The zero-order valence-electron chi connectivity index (χ0n) is 12.3.